The first-order chi connectivity index (χ1) is 10.6. The van der Waals surface area contributed by atoms with E-state index in [1.807, 2.05) is 12.1 Å². The first-order valence-electron chi connectivity index (χ1n) is 7.91. The Morgan fingerprint density at radius 1 is 1.27 bits per heavy atom. The fourth-order valence-corrected chi connectivity index (χ4v) is 3.10. The summed E-state index contributed by atoms with van der Waals surface area (Å²) in [4.78, 5) is 22.6. The van der Waals surface area contributed by atoms with Gasteiger partial charge in [-0.3, -0.25) is 4.79 Å². The molecule has 2 rings (SSSR count). The lowest BCUT2D eigenvalue weighted by atomic mass is 9.83. The zero-order valence-corrected chi connectivity index (χ0v) is 12.8. The Labute approximate surface area is 130 Å². The number of carboxylic acid groups (broad SMARTS) is 1. The van der Waals surface area contributed by atoms with Crippen LogP contribution >= 0.6 is 0 Å². The molecule has 0 radical (unpaired) electrons. The van der Waals surface area contributed by atoms with Crippen molar-refractivity contribution in [3.05, 3.63) is 35.4 Å². The van der Waals surface area contributed by atoms with Crippen LogP contribution in [0.4, 0.5) is 0 Å². The van der Waals surface area contributed by atoms with Gasteiger partial charge in [-0.25, -0.2) is 4.79 Å². The summed E-state index contributed by atoms with van der Waals surface area (Å²) in [6.07, 6.45) is 6.52. The minimum Gasteiger partial charge on any atom is -0.480 e. The number of hydrogen-bond donors (Lipinski definition) is 3. The minimum atomic E-state index is -1.04. The summed E-state index contributed by atoms with van der Waals surface area (Å²) in [7, 11) is 0. The van der Waals surface area contributed by atoms with Crippen molar-refractivity contribution in [1.82, 2.24) is 5.32 Å². The van der Waals surface area contributed by atoms with Gasteiger partial charge in [-0.2, -0.15) is 0 Å². The molecule has 120 valence electrons. The molecule has 0 bridgehead atoms. The highest BCUT2D eigenvalue weighted by Crippen LogP contribution is 2.32. The van der Waals surface area contributed by atoms with Crippen molar-refractivity contribution in [2.75, 3.05) is 6.54 Å². The molecule has 22 heavy (non-hydrogen) atoms. The van der Waals surface area contributed by atoms with Crippen molar-refractivity contribution in [3.8, 4) is 0 Å². The average molecular weight is 304 g/mol. The number of aliphatic carboxylic acids is 1. The summed E-state index contributed by atoms with van der Waals surface area (Å²) in [5.74, 6) is -0.906. The third-order valence-electron chi connectivity index (χ3n) is 4.29. The predicted molar refractivity (Wildman–Crippen MR) is 84.6 cm³/mol. The van der Waals surface area contributed by atoms with Crippen LogP contribution in [0.25, 0.3) is 0 Å². The Bertz CT molecular complexity index is 524. The molecule has 1 aliphatic carbocycles. The van der Waals surface area contributed by atoms with Crippen LogP contribution in [0.1, 0.15) is 49.1 Å². The maximum Gasteiger partial charge on any atom is 0.326 e. The first-order valence-corrected chi connectivity index (χ1v) is 7.91. The number of nitrogens with one attached hydrogen (secondary N) is 1. The van der Waals surface area contributed by atoms with Crippen molar-refractivity contribution in [1.29, 1.82) is 0 Å². The number of amides is 1. The molecular weight excluding hydrogens is 280 g/mol. The van der Waals surface area contributed by atoms with Gasteiger partial charge in [-0.05, 0) is 29.9 Å². The third-order valence-corrected chi connectivity index (χ3v) is 4.29. The summed E-state index contributed by atoms with van der Waals surface area (Å²) in [5, 5.41) is 11.7. The van der Waals surface area contributed by atoms with E-state index in [2.05, 4.69) is 17.4 Å². The lowest BCUT2D eigenvalue weighted by Gasteiger charge is -2.23. The van der Waals surface area contributed by atoms with Crippen molar-refractivity contribution in [2.24, 2.45) is 5.73 Å². The van der Waals surface area contributed by atoms with Gasteiger partial charge >= 0.3 is 5.97 Å². The molecule has 1 aromatic rings. The number of nitrogens with two attached hydrogens (primary N) is 1. The molecule has 1 unspecified atom stereocenters. The SMILES string of the molecule is NCC(=O)NC(Cc1cccc(C2CCCCC2)c1)C(=O)O. The van der Waals surface area contributed by atoms with Gasteiger partial charge in [0, 0.05) is 6.42 Å². The van der Waals surface area contributed by atoms with Crippen LogP contribution in [0.5, 0.6) is 0 Å². The van der Waals surface area contributed by atoms with Gasteiger partial charge in [0.15, 0.2) is 0 Å². The van der Waals surface area contributed by atoms with E-state index in [-0.39, 0.29) is 13.0 Å². The Morgan fingerprint density at radius 3 is 2.64 bits per heavy atom. The molecular formula is C17H24N2O3. The molecule has 4 N–H and O–H groups in total. The van der Waals surface area contributed by atoms with E-state index < -0.39 is 17.9 Å². The standard InChI is InChI=1S/C17H24N2O3/c18-11-16(20)19-15(17(21)22)10-12-5-4-8-14(9-12)13-6-2-1-3-7-13/h4-5,8-9,13,15H,1-3,6-7,10-11,18H2,(H,19,20)(H,21,22). The van der Waals surface area contributed by atoms with E-state index in [1.54, 1.807) is 0 Å². The zero-order valence-electron chi connectivity index (χ0n) is 12.8. The number of carbonyl (C=O) groups excluding carboxylic acids is 1. The highest BCUT2D eigenvalue weighted by molar-refractivity contribution is 5.84. The van der Waals surface area contributed by atoms with Crippen LogP contribution in [0.15, 0.2) is 24.3 Å². The molecule has 0 aromatic heterocycles. The third kappa shape index (κ3) is 4.56. The molecule has 1 atom stereocenters. The summed E-state index contributed by atoms with van der Waals surface area (Å²) in [6, 6.07) is 7.16. The molecule has 1 aliphatic rings. The Morgan fingerprint density at radius 2 is 2.00 bits per heavy atom. The van der Waals surface area contributed by atoms with Gasteiger partial charge in [0.25, 0.3) is 0 Å². The molecule has 0 heterocycles. The van der Waals surface area contributed by atoms with Gasteiger partial charge < -0.3 is 16.2 Å². The largest absolute Gasteiger partial charge is 0.480 e. The van der Waals surface area contributed by atoms with Crippen LogP contribution in [-0.2, 0) is 16.0 Å². The summed E-state index contributed by atoms with van der Waals surface area (Å²) >= 11 is 0. The number of carboxylic acids is 1. The van der Waals surface area contributed by atoms with Crippen LogP contribution in [-0.4, -0.2) is 29.6 Å². The second kappa shape index (κ2) is 7.94. The van der Waals surface area contributed by atoms with E-state index in [9.17, 15) is 14.7 Å². The molecule has 1 fully saturated rings. The first kappa shape index (κ1) is 16.5. The van der Waals surface area contributed by atoms with Crippen LogP contribution < -0.4 is 11.1 Å². The maximum absolute atomic E-state index is 11.3. The quantitative estimate of drug-likeness (QED) is 0.747. The lowest BCUT2D eigenvalue weighted by molar-refractivity contribution is -0.141. The number of benzene rings is 1. The number of carbonyl (C=O) groups is 2. The van der Waals surface area contributed by atoms with Crippen molar-refractivity contribution >= 4 is 11.9 Å². The minimum absolute atomic E-state index is 0.202. The topological polar surface area (TPSA) is 92.4 Å². The Kier molecular flexibility index (Phi) is 5.95. The lowest BCUT2D eigenvalue weighted by Crippen LogP contribution is -2.44. The van der Waals surface area contributed by atoms with Crippen molar-refractivity contribution in [3.63, 3.8) is 0 Å². The summed E-state index contributed by atoms with van der Waals surface area (Å²) in [6.45, 7) is -0.202. The second-order valence-electron chi connectivity index (χ2n) is 5.95. The molecule has 1 saturated carbocycles. The van der Waals surface area contributed by atoms with Crippen molar-refractivity contribution < 1.29 is 14.7 Å². The predicted octanol–water partition coefficient (Wildman–Crippen LogP) is 1.80. The Hall–Kier alpha value is -1.88. The Balaban J connectivity index is 2.07. The molecule has 0 aliphatic heterocycles. The van der Waals surface area contributed by atoms with Crippen LogP contribution in [0.2, 0.25) is 0 Å². The molecule has 1 amide bonds. The van der Waals surface area contributed by atoms with Crippen LogP contribution in [0, 0.1) is 0 Å². The number of rotatable bonds is 6. The van der Waals surface area contributed by atoms with E-state index in [0.717, 1.165) is 5.56 Å². The van der Waals surface area contributed by atoms with Gasteiger partial charge in [-0.1, -0.05) is 43.5 Å². The fourth-order valence-electron chi connectivity index (χ4n) is 3.10. The molecule has 1 aromatic carbocycles. The monoisotopic (exact) mass is 304 g/mol. The summed E-state index contributed by atoms with van der Waals surface area (Å²) in [5.41, 5.74) is 7.45. The van der Waals surface area contributed by atoms with E-state index in [0.29, 0.717) is 5.92 Å². The summed E-state index contributed by atoms with van der Waals surface area (Å²) < 4.78 is 0. The van der Waals surface area contributed by atoms with Crippen LogP contribution in [0.3, 0.4) is 0 Å². The second-order valence-corrected chi connectivity index (χ2v) is 5.95. The molecule has 5 nitrogen and oxygen atoms in total. The highest BCUT2D eigenvalue weighted by Gasteiger charge is 2.21. The molecule has 0 spiro atoms. The molecule has 5 heteroatoms. The van der Waals surface area contributed by atoms with Gasteiger partial charge in [0.05, 0.1) is 6.54 Å². The maximum atomic E-state index is 11.3. The van der Waals surface area contributed by atoms with Gasteiger partial charge in [0.1, 0.15) is 6.04 Å². The van der Waals surface area contributed by atoms with Gasteiger partial charge in [0.2, 0.25) is 5.91 Å². The van der Waals surface area contributed by atoms with E-state index >= 15 is 0 Å². The smallest absolute Gasteiger partial charge is 0.326 e. The highest BCUT2D eigenvalue weighted by atomic mass is 16.4. The average Bonchev–Trinajstić information content (AvgIpc) is 2.55. The van der Waals surface area contributed by atoms with E-state index in [1.165, 1.54) is 37.7 Å². The zero-order chi connectivity index (χ0) is 15.9. The number of hydrogen-bond acceptors (Lipinski definition) is 3. The fraction of sp³-hybridized carbons (Fsp3) is 0.529. The van der Waals surface area contributed by atoms with Gasteiger partial charge in [-0.15, -0.1) is 0 Å². The van der Waals surface area contributed by atoms with Crippen molar-refractivity contribution in [2.45, 2.75) is 50.5 Å². The normalized spacial score (nSPS) is 17.0. The molecule has 0 saturated heterocycles. The van der Waals surface area contributed by atoms with E-state index in [4.69, 9.17) is 5.73 Å².